The lowest BCUT2D eigenvalue weighted by Crippen LogP contribution is -2.39. The zero-order chi connectivity index (χ0) is 13.1. The largest absolute Gasteiger partial charge is 0.349 e. The smallest absolute Gasteiger partial charge is 0.254 e. The minimum Gasteiger partial charge on any atom is -0.349 e. The van der Waals surface area contributed by atoms with Crippen molar-refractivity contribution in [2.24, 2.45) is 5.92 Å². The molecular weight excluding hydrogens is 231 g/mol. The Bertz CT molecular complexity index is 441. The van der Waals surface area contributed by atoms with Crippen LogP contribution in [0.5, 0.6) is 0 Å². The van der Waals surface area contributed by atoms with E-state index in [1.165, 1.54) is 6.07 Å². The summed E-state index contributed by atoms with van der Waals surface area (Å²) in [6.07, 6.45) is 1.05. The molecule has 0 radical (unpaired) electrons. The van der Waals surface area contributed by atoms with E-state index in [1.807, 2.05) is 6.92 Å². The third-order valence-electron chi connectivity index (χ3n) is 3.53. The molecule has 2 atom stereocenters. The Morgan fingerprint density at radius 3 is 2.94 bits per heavy atom. The van der Waals surface area contributed by atoms with Gasteiger partial charge in [0.05, 0.1) is 5.56 Å². The van der Waals surface area contributed by atoms with E-state index in [2.05, 4.69) is 10.6 Å². The van der Waals surface area contributed by atoms with Gasteiger partial charge in [0, 0.05) is 6.04 Å². The predicted octanol–water partition coefficient (Wildman–Crippen LogP) is 1.86. The van der Waals surface area contributed by atoms with E-state index < -0.39 is 5.82 Å². The van der Waals surface area contributed by atoms with Gasteiger partial charge in [0.15, 0.2) is 0 Å². The van der Waals surface area contributed by atoms with Crippen LogP contribution in [0.25, 0.3) is 0 Å². The van der Waals surface area contributed by atoms with Crippen LogP contribution in [0, 0.1) is 18.7 Å². The van der Waals surface area contributed by atoms with Crippen molar-refractivity contribution in [3.63, 3.8) is 0 Å². The molecule has 1 fully saturated rings. The molecule has 0 aromatic heterocycles. The molecule has 98 valence electrons. The van der Waals surface area contributed by atoms with E-state index in [0.29, 0.717) is 5.92 Å². The lowest BCUT2D eigenvalue weighted by Gasteiger charge is -2.20. The Hall–Kier alpha value is -1.42. The summed E-state index contributed by atoms with van der Waals surface area (Å²) in [5, 5.41) is 6.14. The van der Waals surface area contributed by atoms with Gasteiger partial charge in [-0.2, -0.15) is 0 Å². The molecular formula is C14H19FN2O. The second-order valence-electron chi connectivity index (χ2n) is 5.00. The normalized spacial score (nSPS) is 20.7. The Balaban J connectivity index is 2.02. The standard InChI is InChI=1S/C14H19FN2O/c1-9-3-4-12(13(15)7-9)14(18)17-10(2)11-5-6-16-8-11/h3-4,7,10-11,16H,5-6,8H2,1-2H3,(H,17,18). The van der Waals surface area contributed by atoms with E-state index in [9.17, 15) is 9.18 Å². The van der Waals surface area contributed by atoms with Gasteiger partial charge in [-0.15, -0.1) is 0 Å². The Morgan fingerprint density at radius 1 is 1.56 bits per heavy atom. The van der Waals surface area contributed by atoms with Crippen molar-refractivity contribution >= 4 is 5.91 Å². The summed E-state index contributed by atoms with van der Waals surface area (Å²) in [6, 6.07) is 4.74. The molecule has 2 unspecified atom stereocenters. The number of amides is 1. The van der Waals surface area contributed by atoms with Crippen LogP contribution in [0.3, 0.4) is 0 Å². The zero-order valence-corrected chi connectivity index (χ0v) is 10.8. The summed E-state index contributed by atoms with van der Waals surface area (Å²) < 4.78 is 13.7. The number of hydrogen-bond donors (Lipinski definition) is 2. The van der Waals surface area contributed by atoms with E-state index in [-0.39, 0.29) is 17.5 Å². The van der Waals surface area contributed by atoms with Gasteiger partial charge >= 0.3 is 0 Å². The van der Waals surface area contributed by atoms with Gasteiger partial charge < -0.3 is 10.6 Å². The van der Waals surface area contributed by atoms with Crippen LogP contribution in [0.4, 0.5) is 4.39 Å². The second-order valence-corrected chi connectivity index (χ2v) is 5.00. The third-order valence-corrected chi connectivity index (χ3v) is 3.53. The van der Waals surface area contributed by atoms with E-state index in [0.717, 1.165) is 25.1 Å². The van der Waals surface area contributed by atoms with Crippen molar-refractivity contribution in [2.75, 3.05) is 13.1 Å². The predicted molar refractivity (Wildman–Crippen MR) is 69.0 cm³/mol. The number of carbonyl (C=O) groups is 1. The molecule has 0 bridgehead atoms. The molecule has 1 aromatic carbocycles. The first-order valence-electron chi connectivity index (χ1n) is 6.35. The Labute approximate surface area is 107 Å². The molecule has 4 heteroatoms. The van der Waals surface area contributed by atoms with Gasteiger partial charge in [-0.25, -0.2) is 4.39 Å². The maximum absolute atomic E-state index is 13.7. The molecule has 18 heavy (non-hydrogen) atoms. The van der Waals surface area contributed by atoms with Gasteiger partial charge in [-0.1, -0.05) is 6.07 Å². The van der Waals surface area contributed by atoms with Crippen LogP contribution in [0.2, 0.25) is 0 Å². The fourth-order valence-electron chi connectivity index (χ4n) is 2.31. The average molecular weight is 250 g/mol. The Kier molecular flexibility index (Phi) is 3.97. The molecule has 3 nitrogen and oxygen atoms in total. The minimum absolute atomic E-state index is 0.0632. The number of hydrogen-bond acceptors (Lipinski definition) is 2. The van der Waals surface area contributed by atoms with E-state index in [4.69, 9.17) is 0 Å². The molecule has 1 aromatic rings. The van der Waals surface area contributed by atoms with Crippen LogP contribution in [0.1, 0.15) is 29.3 Å². The first kappa shape index (κ1) is 13.0. The number of halogens is 1. The first-order valence-corrected chi connectivity index (χ1v) is 6.35. The van der Waals surface area contributed by atoms with Crippen molar-refractivity contribution in [1.29, 1.82) is 0 Å². The first-order chi connectivity index (χ1) is 8.58. The van der Waals surface area contributed by atoms with Crippen LogP contribution in [-0.4, -0.2) is 25.0 Å². The van der Waals surface area contributed by atoms with Crippen molar-refractivity contribution < 1.29 is 9.18 Å². The molecule has 1 amide bonds. The molecule has 1 aliphatic heterocycles. The average Bonchev–Trinajstić information content (AvgIpc) is 2.81. The van der Waals surface area contributed by atoms with Crippen LogP contribution in [0.15, 0.2) is 18.2 Å². The topological polar surface area (TPSA) is 41.1 Å². The van der Waals surface area contributed by atoms with Crippen molar-refractivity contribution in [2.45, 2.75) is 26.3 Å². The summed E-state index contributed by atoms with van der Waals surface area (Å²) in [7, 11) is 0. The van der Waals surface area contributed by atoms with E-state index >= 15 is 0 Å². The van der Waals surface area contributed by atoms with Crippen LogP contribution >= 0.6 is 0 Å². The minimum atomic E-state index is -0.454. The van der Waals surface area contributed by atoms with Crippen LogP contribution in [-0.2, 0) is 0 Å². The molecule has 1 saturated heterocycles. The van der Waals surface area contributed by atoms with Crippen molar-refractivity contribution in [3.8, 4) is 0 Å². The van der Waals surface area contributed by atoms with Crippen LogP contribution < -0.4 is 10.6 Å². The lowest BCUT2D eigenvalue weighted by atomic mass is 10.00. The summed E-state index contributed by atoms with van der Waals surface area (Å²) in [5.41, 5.74) is 0.940. The quantitative estimate of drug-likeness (QED) is 0.859. The highest BCUT2D eigenvalue weighted by molar-refractivity contribution is 5.94. The number of carbonyl (C=O) groups excluding carboxylic acids is 1. The maximum Gasteiger partial charge on any atom is 0.254 e. The zero-order valence-electron chi connectivity index (χ0n) is 10.8. The monoisotopic (exact) mass is 250 g/mol. The summed E-state index contributed by atoms with van der Waals surface area (Å²) in [6.45, 7) is 5.68. The molecule has 1 aliphatic rings. The van der Waals surface area contributed by atoms with Crippen molar-refractivity contribution in [1.82, 2.24) is 10.6 Å². The van der Waals surface area contributed by atoms with Crippen molar-refractivity contribution in [3.05, 3.63) is 35.1 Å². The molecule has 1 heterocycles. The van der Waals surface area contributed by atoms with Gasteiger partial charge in [-0.05, 0) is 57.0 Å². The van der Waals surface area contributed by atoms with Gasteiger partial charge in [-0.3, -0.25) is 4.79 Å². The number of rotatable bonds is 3. The second kappa shape index (κ2) is 5.48. The highest BCUT2D eigenvalue weighted by Gasteiger charge is 2.23. The molecule has 2 rings (SSSR count). The fourth-order valence-corrected chi connectivity index (χ4v) is 2.31. The van der Waals surface area contributed by atoms with Gasteiger partial charge in [0.2, 0.25) is 0 Å². The highest BCUT2D eigenvalue weighted by Crippen LogP contribution is 2.14. The summed E-state index contributed by atoms with van der Waals surface area (Å²) in [5.74, 6) is -0.349. The maximum atomic E-state index is 13.7. The SMILES string of the molecule is Cc1ccc(C(=O)NC(C)C2CCNC2)c(F)c1. The molecule has 0 saturated carbocycles. The lowest BCUT2D eigenvalue weighted by molar-refractivity contribution is 0.0924. The highest BCUT2D eigenvalue weighted by atomic mass is 19.1. The number of nitrogens with one attached hydrogen (secondary N) is 2. The summed E-state index contributed by atoms with van der Waals surface area (Å²) >= 11 is 0. The van der Waals surface area contributed by atoms with E-state index in [1.54, 1.807) is 19.1 Å². The molecule has 0 aliphatic carbocycles. The van der Waals surface area contributed by atoms with Gasteiger partial charge in [0.1, 0.15) is 5.82 Å². The number of aryl methyl sites for hydroxylation is 1. The summed E-state index contributed by atoms with van der Waals surface area (Å²) in [4.78, 5) is 12.0. The molecule has 2 N–H and O–H groups in total. The third kappa shape index (κ3) is 2.88. The fraction of sp³-hybridized carbons (Fsp3) is 0.500. The molecule has 0 spiro atoms. The Morgan fingerprint density at radius 2 is 2.33 bits per heavy atom. The number of benzene rings is 1. The van der Waals surface area contributed by atoms with Gasteiger partial charge in [0.25, 0.3) is 5.91 Å².